The maximum atomic E-state index is 13.6. The first-order valence-electron chi connectivity index (χ1n) is 5.25. The zero-order valence-corrected chi connectivity index (χ0v) is 10.1. The van der Waals surface area contributed by atoms with E-state index in [1.54, 1.807) is 12.1 Å². The van der Waals surface area contributed by atoms with Gasteiger partial charge in [0.05, 0.1) is 5.02 Å². The highest BCUT2D eigenvalue weighted by atomic mass is 35.5. The summed E-state index contributed by atoms with van der Waals surface area (Å²) in [7, 11) is 0. The molecular formula is C11H11ClFN3O2. The van der Waals surface area contributed by atoms with Crippen molar-refractivity contribution in [1.82, 2.24) is 10.1 Å². The van der Waals surface area contributed by atoms with Gasteiger partial charge in [0.1, 0.15) is 11.9 Å². The fourth-order valence-electron chi connectivity index (χ4n) is 1.43. The Morgan fingerprint density at radius 3 is 3.00 bits per heavy atom. The van der Waals surface area contributed by atoms with Crippen molar-refractivity contribution in [2.75, 3.05) is 6.54 Å². The molecule has 1 heterocycles. The summed E-state index contributed by atoms with van der Waals surface area (Å²) in [4.78, 5) is 3.93. The predicted molar refractivity (Wildman–Crippen MR) is 62.5 cm³/mol. The molecular weight excluding hydrogens is 261 g/mol. The number of aliphatic hydroxyl groups is 1. The van der Waals surface area contributed by atoms with Gasteiger partial charge in [-0.1, -0.05) is 28.9 Å². The quantitative estimate of drug-likeness (QED) is 0.879. The van der Waals surface area contributed by atoms with Crippen molar-refractivity contribution in [1.29, 1.82) is 0 Å². The van der Waals surface area contributed by atoms with E-state index in [0.717, 1.165) is 0 Å². The predicted octanol–water partition coefficient (Wildman–Crippen LogP) is 1.44. The van der Waals surface area contributed by atoms with Crippen LogP contribution < -0.4 is 5.73 Å². The Bertz CT molecular complexity index is 547. The minimum atomic E-state index is -1.00. The van der Waals surface area contributed by atoms with Crippen molar-refractivity contribution in [2.24, 2.45) is 5.73 Å². The molecule has 0 bridgehead atoms. The van der Waals surface area contributed by atoms with Crippen molar-refractivity contribution in [2.45, 2.75) is 12.5 Å². The zero-order chi connectivity index (χ0) is 13.1. The standard InChI is InChI=1S/C11H11ClFN3O2/c12-7-3-1-2-6(10(7)13)4-9-15-11(18-16-9)8(17)5-14/h1-3,8,17H,4-5,14H2/t8-/m0/s1. The van der Waals surface area contributed by atoms with Gasteiger partial charge in [0.15, 0.2) is 5.82 Å². The molecule has 18 heavy (non-hydrogen) atoms. The van der Waals surface area contributed by atoms with Crippen LogP contribution in [0, 0.1) is 5.82 Å². The van der Waals surface area contributed by atoms with Gasteiger partial charge in [0.25, 0.3) is 5.89 Å². The summed E-state index contributed by atoms with van der Waals surface area (Å²) < 4.78 is 18.4. The molecule has 0 saturated heterocycles. The minimum absolute atomic E-state index is 0.0207. The van der Waals surface area contributed by atoms with E-state index in [1.165, 1.54) is 6.07 Å². The highest BCUT2D eigenvalue weighted by molar-refractivity contribution is 6.30. The summed E-state index contributed by atoms with van der Waals surface area (Å²) in [5.41, 5.74) is 5.61. The Labute approximate surface area is 107 Å². The van der Waals surface area contributed by atoms with Gasteiger partial charge in [-0.25, -0.2) is 4.39 Å². The molecule has 0 aliphatic heterocycles. The average Bonchev–Trinajstić information content (AvgIpc) is 2.82. The highest BCUT2D eigenvalue weighted by Crippen LogP contribution is 2.20. The number of nitrogens with two attached hydrogens (primary N) is 1. The first-order chi connectivity index (χ1) is 8.61. The van der Waals surface area contributed by atoms with Gasteiger partial charge in [-0.15, -0.1) is 0 Å². The Kier molecular flexibility index (Phi) is 3.90. The maximum absolute atomic E-state index is 13.6. The second-order valence-corrected chi connectivity index (χ2v) is 4.10. The molecule has 3 N–H and O–H groups in total. The van der Waals surface area contributed by atoms with Crippen LogP contribution in [0.2, 0.25) is 5.02 Å². The molecule has 2 aromatic rings. The molecule has 0 saturated carbocycles. The van der Waals surface area contributed by atoms with E-state index >= 15 is 0 Å². The van der Waals surface area contributed by atoms with Crippen LogP contribution in [-0.2, 0) is 6.42 Å². The second-order valence-electron chi connectivity index (χ2n) is 3.69. The fraction of sp³-hybridized carbons (Fsp3) is 0.273. The first-order valence-corrected chi connectivity index (χ1v) is 5.63. The number of aliphatic hydroxyl groups excluding tert-OH is 1. The lowest BCUT2D eigenvalue weighted by molar-refractivity contribution is 0.141. The summed E-state index contributed by atoms with van der Waals surface area (Å²) in [6.07, 6.45) is -0.872. The fourth-order valence-corrected chi connectivity index (χ4v) is 1.62. The molecule has 0 spiro atoms. The van der Waals surface area contributed by atoms with Crippen molar-refractivity contribution in [3.63, 3.8) is 0 Å². The van der Waals surface area contributed by atoms with E-state index < -0.39 is 11.9 Å². The molecule has 5 nitrogen and oxygen atoms in total. The van der Waals surface area contributed by atoms with Gasteiger partial charge in [-0.05, 0) is 11.6 Å². The van der Waals surface area contributed by atoms with E-state index in [9.17, 15) is 9.50 Å². The molecule has 1 aromatic carbocycles. The molecule has 0 amide bonds. The molecule has 1 aromatic heterocycles. The summed E-state index contributed by atoms with van der Waals surface area (Å²) in [5, 5.41) is 13.1. The summed E-state index contributed by atoms with van der Waals surface area (Å²) in [5.74, 6) is -0.224. The Morgan fingerprint density at radius 1 is 1.50 bits per heavy atom. The molecule has 96 valence electrons. The van der Waals surface area contributed by atoms with E-state index in [1.807, 2.05) is 0 Å². The molecule has 0 fully saturated rings. The molecule has 0 aliphatic carbocycles. The maximum Gasteiger partial charge on any atom is 0.256 e. The average molecular weight is 272 g/mol. The molecule has 0 radical (unpaired) electrons. The number of halogens is 2. The topological polar surface area (TPSA) is 85.2 Å². The van der Waals surface area contributed by atoms with Crippen LogP contribution in [0.5, 0.6) is 0 Å². The molecule has 7 heteroatoms. The van der Waals surface area contributed by atoms with Crippen LogP contribution in [-0.4, -0.2) is 21.8 Å². The lowest BCUT2D eigenvalue weighted by Crippen LogP contribution is -2.11. The SMILES string of the molecule is NC[C@H](O)c1nc(Cc2cccc(Cl)c2F)no1. The Morgan fingerprint density at radius 2 is 2.28 bits per heavy atom. The van der Waals surface area contributed by atoms with Gasteiger partial charge in [-0.2, -0.15) is 4.98 Å². The van der Waals surface area contributed by atoms with Crippen LogP contribution in [0.3, 0.4) is 0 Å². The number of hydrogen-bond donors (Lipinski definition) is 2. The van der Waals surface area contributed by atoms with Crippen LogP contribution in [0.25, 0.3) is 0 Å². The molecule has 0 unspecified atom stereocenters. The van der Waals surface area contributed by atoms with Gasteiger partial charge in [0.2, 0.25) is 0 Å². The lowest BCUT2D eigenvalue weighted by Gasteiger charge is -2.01. The van der Waals surface area contributed by atoms with Gasteiger partial charge in [0, 0.05) is 13.0 Å². The lowest BCUT2D eigenvalue weighted by atomic mass is 10.1. The van der Waals surface area contributed by atoms with E-state index in [0.29, 0.717) is 5.56 Å². The first kappa shape index (κ1) is 12.9. The number of benzene rings is 1. The Balaban J connectivity index is 2.19. The van der Waals surface area contributed by atoms with Crippen molar-refractivity contribution in [3.8, 4) is 0 Å². The van der Waals surface area contributed by atoms with Crippen molar-refractivity contribution in [3.05, 3.63) is 46.3 Å². The molecule has 0 aliphatic rings. The second kappa shape index (κ2) is 5.43. The van der Waals surface area contributed by atoms with Crippen LogP contribution >= 0.6 is 11.6 Å². The van der Waals surface area contributed by atoms with Crippen LogP contribution in [0.15, 0.2) is 22.7 Å². The van der Waals surface area contributed by atoms with Crippen LogP contribution in [0.4, 0.5) is 4.39 Å². The highest BCUT2D eigenvalue weighted by Gasteiger charge is 2.16. The summed E-state index contributed by atoms with van der Waals surface area (Å²) >= 11 is 5.66. The number of hydrogen-bond acceptors (Lipinski definition) is 5. The number of nitrogens with zero attached hydrogens (tertiary/aromatic N) is 2. The monoisotopic (exact) mass is 271 g/mol. The third-order valence-corrected chi connectivity index (χ3v) is 2.66. The summed E-state index contributed by atoms with van der Waals surface area (Å²) in [6, 6.07) is 4.67. The molecule has 1 atom stereocenters. The van der Waals surface area contributed by atoms with Crippen LogP contribution in [0.1, 0.15) is 23.4 Å². The Hall–Kier alpha value is -1.50. The number of rotatable bonds is 4. The molecule has 2 rings (SSSR count). The van der Waals surface area contributed by atoms with E-state index in [4.69, 9.17) is 21.9 Å². The normalized spacial score (nSPS) is 12.7. The van der Waals surface area contributed by atoms with Crippen molar-refractivity contribution < 1.29 is 14.0 Å². The third-order valence-electron chi connectivity index (χ3n) is 2.37. The van der Waals surface area contributed by atoms with Gasteiger partial charge < -0.3 is 15.4 Å². The van der Waals surface area contributed by atoms with Gasteiger partial charge >= 0.3 is 0 Å². The third kappa shape index (κ3) is 2.66. The van der Waals surface area contributed by atoms with Gasteiger partial charge in [-0.3, -0.25) is 0 Å². The minimum Gasteiger partial charge on any atom is -0.382 e. The van der Waals surface area contributed by atoms with E-state index in [-0.39, 0.29) is 29.7 Å². The number of aromatic nitrogens is 2. The van der Waals surface area contributed by atoms with Crippen molar-refractivity contribution >= 4 is 11.6 Å². The van der Waals surface area contributed by atoms with E-state index in [2.05, 4.69) is 10.1 Å². The largest absolute Gasteiger partial charge is 0.382 e. The smallest absolute Gasteiger partial charge is 0.256 e. The zero-order valence-electron chi connectivity index (χ0n) is 9.31. The summed E-state index contributed by atoms with van der Waals surface area (Å²) in [6.45, 7) is -0.0207.